The molecule has 0 aliphatic carbocycles. The summed E-state index contributed by atoms with van der Waals surface area (Å²) in [6, 6.07) is 0.349. The second-order valence-electron chi connectivity index (χ2n) is 3.46. The average molecular weight is 282 g/mol. The summed E-state index contributed by atoms with van der Waals surface area (Å²) in [5.41, 5.74) is 0. The molecule has 84 valence electrons. The Morgan fingerprint density at radius 1 is 1.50 bits per heavy atom. The summed E-state index contributed by atoms with van der Waals surface area (Å²) in [5.74, 6) is 1.29. The summed E-state index contributed by atoms with van der Waals surface area (Å²) in [6.45, 7) is 2.10. The number of alkyl halides is 1. The molecule has 0 aliphatic heterocycles. The van der Waals surface area contributed by atoms with Crippen molar-refractivity contribution in [3.8, 4) is 0 Å². The lowest BCUT2D eigenvalue weighted by Gasteiger charge is -2.24. The molecule has 0 aliphatic rings. The molecule has 2 nitrogen and oxygen atoms in total. The molecule has 0 saturated heterocycles. The Kier molecular flexibility index (Phi) is 8.78. The number of unbranched alkanes of at least 4 members (excludes halogenated alkanes) is 1. The van der Waals surface area contributed by atoms with E-state index in [1.54, 1.807) is 11.8 Å². The first-order valence-corrected chi connectivity index (χ1v) is 7.45. The van der Waals surface area contributed by atoms with Crippen molar-refractivity contribution in [2.24, 2.45) is 0 Å². The Hall–Kier alpha value is 0.300. The molecule has 1 amide bonds. The van der Waals surface area contributed by atoms with Crippen molar-refractivity contribution in [1.82, 2.24) is 4.90 Å². The summed E-state index contributed by atoms with van der Waals surface area (Å²) in [7, 11) is 1.90. The lowest BCUT2D eigenvalue weighted by atomic mass is 10.2. The number of carbonyl (C=O) groups is 1. The van der Waals surface area contributed by atoms with E-state index >= 15 is 0 Å². The van der Waals surface area contributed by atoms with Crippen LogP contribution < -0.4 is 0 Å². The number of thioether (sulfide) groups is 1. The summed E-state index contributed by atoms with van der Waals surface area (Å²) >= 11 is 5.14. The molecule has 0 rings (SSSR count). The van der Waals surface area contributed by atoms with Gasteiger partial charge in [-0.15, -0.1) is 0 Å². The van der Waals surface area contributed by atoms with Gasteiger partial charge in [0, 0.05) is 30.6 Å². The van der Waals surface area contributed by atoms with Gasteiger partial charge in [0.2, 0.25) is 5.91 Å². The summed E-state index contributed by atoms with van der Waals surface area (Å²) in [4.78, 5) is 13.5. The van der Waals surface area contributed by atoms with E-state index in [0.29, 0.717) is 12.5 Å². The van der Waals surface area contributed by atoms with E-state index in [0.717, 1.165) is 23.9 Å². The van der Waals surface area contributed by atoms with Gasteiger partial charge in [-0.25, -0.2) is 0 Å². The molecule has 0 aromatic rings. The van der Waals surface area contributed by atoms with Gasteiger partial charge in [0.15, 0.2) is 0 Å². The molecule has 0 aromatic carbocycles. The quantitative estimate of drug-likeness (QED) is 0.528. The van der Waals surface area contributed by atoms with Gasteiger partial charge in [0.05, 0.1) is 0 Å². The monoisotopic (exact) mass is 281 g/mol. The number of carbonyl (C=O) groups excluding carboxylic acids is 1. The molecular formula is C10H20BrNOS. The molecule has 0 heterocycles. The van der Waals surface area contributed by atoms with Crippen LogP contribution in [0.3, 0.4) is 0 Å². The van der Waals surface area contributed by atoms with Crippen LogP contribution in [0.1, 0.15) is 26.2 Å². The van der Waals surface area contributed by atoms with Crippen LogP contribution in [0.25, 0.3) is 0 Å². The number of rotatable bonds is 7. The molecule has 0 radical (unpaired) electrons. The van der Waals surface area contributed by atoms with E-state index in [9.17, 15) is 4.79 Å². The lowest BCUT2D eigenvalue weighted by molar-refractivity contribution is -0.131. The molecule has 0 fully saturated rings. The Labute approximate surface area is 99.9 Å². The summed E-state index contributed by atoms with van der Waals surface area (Å²) < 4.78 is 0. The van der Waals surface area contributed by atoms with Gasteiger partial charge in [0.1, 0.15) is 0 Å². The van der Waals surface area contributed by atoms with Crippen LogP contribution in [-0.2, 0) is 4.79 Å². The first-order valence-electron chi connectivity index (χ1n) is 4.94. The highest BCUT2D eigenvalue weighted by Crippen LogP contribution is 2.07. The smallest absolute Gasteiger partial charge is 0.222 e. The zero-order valence-electron chi connectivity index (χ0n) is 9.25. The minimum Gasteiger partial charge on any atom is -0.342 e. The Morgan fingerprint density at radius 2 is 2.14 bits per heavy atom. The molecule has 1 unspecified atom stereocenters. The highest BCUT2D eigenvalue weighted by molar-refractivity contribution is 9.09. The predicted molar refractivity (Wildman–Crippen MR) is 68.3 cm³/mol. The normalized spacial score (nSPS) is 12.6. The summed E-state index contributed by atoms with van der Waals surface area (Å²) in [5, 5.41) is 0.990. The molecule has 0 N–H and O–H groups in total. The fraction of sp³-hybridized carbons (Fsp3) is 0.900. The van der Waals surface area contributed by atoms with Gasteiger partial charge in [-0.05, 0) is 26.0 Å². The third-order valence-corrected chi connectivity index (χ3v) is 3.61. The highest BCUT2D eigenvalue weighted by Gasteiger charge is 2.14. The van der Waals surface area contributed by atoms with E-state index in [2.05, 4.69) is 29.1 Å². The largest absolute Gasteiger partial charge is 0.342 e. The third kappa shape index (κ3) is 5.91. The number of hydrogen-bond acceptors (Lipinski definition) is 2. The van der Waals surface area contributed by atoms with Crippen molar-refractivity contribution in [1.29, 1.82) is 0 Å². The van der Waals surface area contributed by atoms with Gasteiger partial charge in [-0.3, -0.25) is 4.79 Å². The molecule has 0 saturated carbocycles. The topological polar surface area (TPSA) is 20.3 Å². The van der Waals surface area contributed by atoms with Gasteiger partial charge in [0.25, 0.3) is 0 Å². The molecule has 14 heavy (non-hydrogen) atoms. The highest BCUT2D eigenvalue weighted by atomic mass is 79.9. The Morgan fingerprint density at radius 3 is 2.64 bits per heavy atom. The van der Waals surface area contributed by atoms with Crippen LogP contribution in [-0.4, -0.2) is 41.2 Å². The maximum Gasteiger partial charge on any atom is 0.222 e. The standard InChI is InChI=1S/C10H20BrNOS/c1-9(8-14-3)12(2)10(13)6-4-5-7-11/h9H,4-8H2,1-3H3. The molecule has 0 bridgehead atoms. The molecular weight excluding hydrogens is 262 g/mol. The van der Waals surface area contributed by atoms with Crippen molar-refractivity contribution in [2.45, 2.75) is 32.2 Å². The van der Waals surface area contributed by atoms with Gasteiger partial charge < -0.3 is 4.90 Å². The molecule has 0 spiro atoms. The second-order valence-corrected chi connectivity index (χ2v) is 5.16. The van der Waals surface area contributed by atoms with Gasteiger partial charge in [-0.2, -0.15) is 11.8 Å². The number of hydrogen-bond donors (Lipinski definition) is 0. The summed E-state index contributed by atoms with van der Waals surface area (Å²) in [6.07, 6.45) is 4.82. The minimum absolute atomic E-state index is 0.271. The lowest BCUT2D eigenvalue weighted by Crippen LogP contribution is -2.36. The van der Waals surface area contributed by atoms with Crippen LogP contribution in [0.15, 0.2) is 0 Å². The third-order valence-electron chi connectivity index (χ3n) is 2.24. The van der Waals surface area contributed by atoms with Crippen LogP contribution >= 0.6 is 27.7 Å². The molecule has 1 atom stereocenters. The van der Waals surface area contributed by atoms with E-state index < -0.39 is 0 Å². The maximum atomic E-state index is 11.6. The maximum absolute atomic E-state index is 11.6. The van der Waals surface area contributed by atoms with E-state index in [1.807, 2.05) is 11.9 Å². The van der Waals surface area contributed by atoms with Crippen LogP contribution in [0.5, 0.6) is 0 Å². The number of nitrogens with zero attached hydrogens (tertiary/aromatic N) is 1. The molecule has 0 aromatic heterocycles. The number of amides is 1. The van der Waals surface area contributed by atoms with Crippen molar-refractivity contribution in [3.63, 3.8) is 0 Å². The Bertz CT molecular complexity index is 166. The van der Waals surface area contributed by atoms with E-state index in [-0.39, 0.29) is 5.91 Å². The van der Waals surface area contributed by atoms with Crippen LogP contribution in [0.2, 0.25) is 0 Å². The SMILES string of the molecule is CSCC(C)N(C)C(=O)CCCCBr. The van der Waals surface area contributed by atoms with Crippen molar-refractivity contribution in [2.75, 3.05) is 24.4 Å². The van der Waals surface area contributed by atoms with E-state index in [1.165, 1.54) is 0 Å². The van der Waals surface area contributed by atoms with Crippen molar-refractivity contribution >= 4 is 33.6 Å². The first kappa shape index (κ1) is 14.3. The van der Waals surface area contributed by atoms with Gasteiger partial charge >= 0.3 is 0 Å². The minimum atomic E-state index is 0.271. The molecule has 4 heteroatoms. The van der Waals surface area contributed by atoms with Crippen molar-refractivity contribution in [3.05, 3.63) is 0 Å². The zero-order valence-corrected chi connectivity index (χ0v) is 11.7. The first-order chi connectivity index (χ1) is 6.63. The number of halogens is 1. The van der Waals surface area contributed by atoms with Gasteiger partial charge in [-0.1, -0.05) is 15.9 Å². The van der Waals surface area contributed by atoms with Crippen LogP contribution in [0.4, 0.5) is 0 Å². The second kappa shape index (κ2) is 8.60. The average Bonchev–Trinajstić information content (AvgIpc) is 2.17. The predicted octanol–water partition coefficient (Wildman–Crippen LogP) is 2.76. The zero-order chi connectivity index (χ0) is 11.0. The fourth-order valence-corrected chi connectivity index (χ4v) is 2.25. The Balaban J connectivity index is 3.74. The van der Waals surface area contributed by atoms with Crippen molar-refractivity contribution < 1.29 is 4.79 Å². The van der Waals surface area contributed by atoms with Crippen LogP contribution in [0, 0.1) is 0 Å². The fourth-order valence-electron chi connectivity index (χ4n) is 1.15. The van der Waals surface area contributed by atoms with E-state index in [4.69, 9.17) is 0 Å².